The van der Waals surface area contributed by atoms with Gasteiger partial charge in [-0.3, -0.25) is 14.5 Å². The van der Waals surface area contributed by atoms with Crippen molar-refractivity contribution in [3.63, 3.8) is 0 Å². The molecule has 6 heteroatoms. The normalized spacial score (nSPS) is 14.5. The number of thioether (sulfide) groups is 1. The second-order valence-corrected chi connectivity index (χ2v) is 7.97. The van der Waals surface area contributed by atoms with Gasteiger partial charge < -0.3 is 4.74 Å². The first kappa shape index (κ1) is 19.2. The Morgan fingerprint density at radius 2 is 1.70 bits per heavy atom. The van der Waals surface area contributed by atoms with Crippen molar-refractivity contribution in [1.82, 2.24) is 4.90 Å². The standard InChI is InChI=1S/C21H20FNO3S/c1-13(2)27-19-18(14-8-10-16(26-3)11-9-14)20(24)23(21(19)25)12-15-6-4-5-7-17(15)22/h4-11,13H,12H2,1-3H3. The molecule has 0 spiro atoms. The van der Waals surface area contributed by atoms with Crippen molar-refractivity contribution in [2.75, 3.05) is 7.11 Å². The Morgan fingerprint density at radius 3 is 2.30 bits per heavy atom. The first-order chi connectivity index (χ1) is 12.9. The summed E-state index contributed by atoms with van der Waals surface area (Å²) < 4.78 is 19.2. The molecule has 1 aliphatic rings. The van der Waals surface area contributed by atoms with Crippen LogP contribution in [0.1, 0.15) is 25.0 Å². The Labute approximate surface area is 162 Å². The third-order valence-corrected chi connectivity index (χ3v) is 5.23. The van der Waals surface area contributed by atoms with Gasteiger partial charge in [-0.25, -0.2) is 4.39 Å². The molecule has 0 unspecified atom stereocenters. The molecule has 0 atom stereocenters. The van der Waals surface area contributed by atoms with Crippen molar-refractivity contribution in [1.29, 1.82) is 0 Å². The van der Waals surface area contributed by atoms with Crippen LogP contribution in [-0.2, 0) is 16.1 Å². The Bertz CT molecular complexity index is 906. The van der Waals surface area contributed by atoms with Gasteiger partial charge in [0.2, 0.25) is 0 Å². The summed E-state index contributed by atoms with van der Waals surface area (Å²) in [5.74, 6) is -0.559. The van der Waals surface area contributed by atoms with Crippen LogP contribution in [0.2, 0.25) is 0 Å². The van der Waals surface area contributed by atoms with E-state index in [0.29, 0.717) is 27.4 Å². The van der Waals surface area contributed by atoms with Gasteiger partial charge >= 0.3 is 0 Å². The highest BCUT2D eigenvalue weighted by atomic mass is 32.2. The number of nitrogens with zero attached hydrogens (tertiary/aromatic N) is 1. The summed E-state index contributed by atoms with van der Waals surface area (Å²) in [6, 6.07) is 13.2. The van der Waals surface area contributed by atoms with E-state index >= 15 is 0 Å². The van der Waals surface area contributed by atoms with Crippen LogP contribution in [0.15, 0.2) is 53.4 Å². The highest BCUT2D eigenvalue weighted by molar-refractivity contribution is 8.04. The van der Waals surface area contributed by atoms with Crippen LogP contribution >= 0.6 is 11.8 Å². The maximum absolute atomic E-state index is 14.0. The molecule has 1 heterocycles. The highest BCUT2D eigenvalue weighted by Gasteiger charge is 2.39. The molecule has 3 rings (SSSR count). The van der Waals surface area contributed by atoms with Crippen LogP contribution in [0.5, 0.6) is 5.75 Å². The maximum Gasteiger partial charge on any atom is 0.268 e. The Hall–Kier alpha value is -2.60. The van der Waals surface area contributed by atoms with Crippen molar-refractivity contribution in [2.24, 2.45) is 0 Å². The summed E-state index contributed by atoms with van der Waals surface area (Å²) in [5, 5.41) is 0.124. The number of halogens is 1. The van der Waals surface area contributed by atoms with Crippen molar-refractivity contribution >= 4 is 29.1 Å². The van der Waals surface area contributed by atoms with Gasteiger partial charge in [0.25, 0.3) is 11.8 Å². The number of benzene rings is 2. The molecule has 4 nitrogen and oxygen atoms in total. The molecule has 0 saturated carbocycles. The Balaban J connectivity index is 1.99. The minimum absolute atomic E-state index is 0.0911. The minimum atomic E-state index is -0.436. The van der Waals surface area contributed by atoms with E-state index in [1.807, 2.05) is 13.8 Å². The lowest BCUT2D eigenvalue weighted by molar-refractivity contribution is -0.137. The highest BCUT2D eigenvalue weighted by Crippen LogP contribution is 2.38. The predicted octanol–water partition coefficient (Wildman–Crippen LogP) is 4.26. The molecule has 140 valence electrons. The van der Waals surface area contributed by atoms with E-state index in [1.165, 1.54) is 17.8 Å². The summed E-state index contributed by atoms with van der Waals surface area (Å²) in [5.41, 5.74) is 1.31. The van der Waals surface area contributed by atoms with Gasteiger partial charge in [0, 0.05) is 10.8 Å². The predicted molar refractivity (Wildman–Crippen MR) is 105 cm³/mol. The molecule has 0 fully saturated rings. The van der Waals surface area contributed by atoms with E-state index in [9.17, 15) is 14.0 Å². The molecule has 0 aliphatic carbocycles. The number of carbonyl (C=O) groups excluding carboxylic acids is 2. The van der Waals surface area contributed by atoms with Gasteiger partial charge in [-0.1, -0.05) is 44.2 Å². The van der Waals surface area contributed by atoms with Crippen LogP contribution in [0.4, 0.5) is 4.39 Å². The topological polar surface area (TPSA) is 46.6 Å². The van der Waals surface area contributed by atoms with Crippen molar-refractivity contribution in [2.45, 2.75) is 25.6 Å². The first-order valence-electron chi connectivity index (χ1n) is 8.57. The molecule has 2 aromatic rings. The lowest BCUT2D eigenvalue weighted by Gasteiger charge is -2.16. The van der Waals surface area contributed by atoms with Gasteiger partial charge in [0.05, 0.1) is 24.1 Å². The third kappa shape index (κ3) is 3.90. The minimum Gasteiger partial charge on any atom is -0.497 e. The number of methoxy groups -OCH3 is 1. The fraction of sp³-hybridized carbons (Fsp3) is 0.238. The summed E-state index contributed by atoms with van der Waals surface area (Å²) in [6.45, 7) is 3.83. The lowest BCUT2D eigenvalue weighted by Crippen LogP contribution is -2.31. The van der Waals surface area contributed by atoms with Crippen molar-refractivity contribution < 1.29 is 18.7 Å². The second kappa shape index (κ2) is 7.96. The maximum atomic E-state index is 14.0. The number of amides is 2. The van der Waals surface area contributed by atoms with E-state index in [2.05, 4.69) is 0 Å². The van der Waals surface area contributed by atoms with Crippen LogP contribution in [0, 0.1) is 5.82 Å². The van der Waals surface area contributed by atoms with Crippen molar-refractivity contribution in [3.05, 3.63) is 70.4 Å². The monoisotopic (exact) mass is 385 g/mol. The van der Waals surface area contributed by atoms with Gasteiger partial charge in [-0.05, 0) is 23.8 Å². The zero-order valence-corrected chi connectivity index (χ0v) is 16.2. The second-order valence-electron chi connectivity index (χ2n) is 6.39. The Morgan fingerprint density at radius 1 is 1.04 bits per heavy atom. The fourth-order valence-electron chi connectivity index (χ4n) is 2.85. The SMILES string of the molecule is COc1ccc(C2=C(SC(C)C)C(=O)N(Cc3ccccc3F)C2=O)cc1. The number of carbonyl (C=O) groups is 2. The lowest BCUT2D eigenvalue weighted by atomic mass is 10.1. The van der Waals surface area contributed by atoms with E-state index < -0.39 is 11.7 Å². The van der Waals surface area contributed by atoms with E-state index in [4.69, 9.17) is 4.74 Å². The number of hydrogen-bond acceptors (Lipinski definition) is 4. The average Bonchev–Trinajstić information content (AvgIpc) is 2.87. The quantitative estimate of drug-likeness (QED) is 0.697. The number of ether oxygens (including phenoxy) is 1. The molecular formula is C21H20FNO3S. The molecule has 1 aliphatic heterocycles. The fourth-order valence-corrected chi connectivity index (χ4v) is 3.86. The molecule has 2 amide bonds. The average molecular weight is 385 g/mol. The Kier molecular flexibility index (Phi) is 5.65. The largest absolute Gasteiger partial charge is 0.497 e. The zero-order valence-electron chi connectivity index (χ0n) is 15.4. The third-order valence-electron chi connectivity index (χ3n) is 4.14. The summed E-state index contributed by atoms with van der Waals surface area (Å²) in [7, 11) is 1.56. The molecule has 0 bridgehead atoms. The van der Waals surface area contributed by atoms with Gasteiger partial charge in [-0.2, -0.15) is 0 Å². The van der Waals surface area contributed by atoms with E-state index in [1.54, 1.807) is 49.6 Å². The summed E-state index contributed by atoms with van der Waals surface area (Å²) >= 11 is 1.35. The zero-order chi connectivity index (χ0) is 19.6. The van der Waals surface area contributed by atoms with Gasteiger partial charge in [0.15, 0.2) is 0 Å². The number of rotatable bonds is 6. The van der Waals surface area contributed by atoms with Crippen molar-refractivity contribution in [3.8, 4) is 5.75 Å². The molecule has 0 saturated heterocycles. The molecule has 27 heavy (non-hydrogen) atoms. The number of hydrogen-bond donors (Lipinski definition) is 0. The molecule has 0 N–H and O–H groups in total. The van der Waals surface area contributed by atoms with Crippen LogP contribution in [0.25, 0.3) is 5.57 Å². The van der Waals surface area contributed by atoms with Crippen LogP contribution in [0.3, 0.4) is 0 Å². The van der Waals surface area contributed by atoms with Gasteiger partial charge in [0.1, 0.15) is 11.6 Å². The molecular weight excluding hydrogens is 365 g/mol. The van der Waals surface area contributed by atoms with Gasteiger partial charge in [-0.15, -0.1) is 11.8 Å². The van der Waals surface area contributed by atoms with Crippen LogP contribution < -0.4 is 4.74 Å². The molecule has 0 radical (unpaired) electrons. The van der Waals surface area contributed by atoms with E-state index in [0.717, 1.165) is 4.90 Å². The smallest absolute Gasteiger partial charge is 0.268 e. The number of imide groups is 1. The summed E-state index contributed by atoms with van der Waals surface area (Å²) in [6.07, 6.45) is 0. The van der Waals surface area contributed by atoms with E-state index in [-0.39, 0.29) is 17.7 Å². The van der Waals surface area contributed by atoms with Crippen LogP contribution in [-0.4, -0.2) is 29.1 Å². The summed E-state index contributed by atoms with van der Waals surface area (Å²) in [4.78, 5) is 27.5. The molecule has 0 aromatic heterocycles. The molecule has 2 aromatic carbocycles. The first-order valence-corrected chi connectivity index (χ1v) is 9.45.